The molecule has 0 fully saturated rings. The van der Waals surface area contributed by atoms with Gasteiger partial charge in [0.05, 0.1) is 4.88 Å². The van der Waals surface area contributed by atoms with Gasteiger partial charge in [-0.25, -0.2) is 0 Å². The van der Waals surface area contributed by atoms with Gasteiger partial charge < -0.3 is 9.63 Å². The smallest absolute Gasteiger partial charge is 0.268 e. The average Bonchev–Trinajstić information content (AvgIpc) is 3.03. The van der Waals surface area contributed by atoms with Crippen LogP contribution in [0.2, 0.25) is 0 Å². The van der Waals surface area contributed by atoms with Gasteiger partial charge in [-0.05, 0) is 23.9 Å². The average molecular weight is 260 g/mol. The van der Waals surface area contributed by atoms with E-state index in [0.717, 1.165) is 10.3 Å². The fraction of sp³-hybridized carbons (Fsp3) is 0.231. The quantitative estimate of drug-likeness (QED) is 0.784. The summed E-state index contributed by atoms with van der Waals surface area (Å²) in [6.07, 6.45) is -0.0809. The van der Waals surface area contributed by atoms with Gasteiger partial charge in [-0.15, -0.1) is 11.3 Å². The molecule has 92 valence electrons. The van der Waals surface area contributed by atoms with Crippen LogP contribution in [-0.4, -0.2) is 15.2 Å². The van der Waals surface area contributed by atoms with Gasteiger partial charge in [0.15, 0.2) is 0 Å². The van der Waals surface area contributed by atoms with Gasteiger partial charge in [-0.1, -0.05) is 30.3 Å². The Kier molecular flexibility index (Phi) is 2.85. The van der Waals surface area contributed by atoms with Crippen molar-refractivity contribution in [1.29, 1.82) is 0 Å². The molecule has 1 atom stereocenters. The second kappa shape index (κ2) is 4.51. The van der Waals surface area contributed by atoms with Crippen LogP contribution >= 0.6 is 11.3 Å². The molecule has 0 amide bonds. The first-order chi connectivity index (χ1) is 8.78. The molecular weight excluding hydrogens is 248 g/mol. The third-order valence-corrected chi connectivity index (χ3v) is 3.87. The van der Waals surface area contributed by atoms with Crippen LogP contribution in [0.3, 0.4) is 0 Å². The molecular formula is C13H12N2O2S. The van der Waals surface area contributed by atoms with Crippen molar-refractivity contribution in [3.8, 4) is 10.8 Å². The number of rotatable bonds is 3. The second-order valence-corrected chi connectivity index (χ2v) is 5.11. The first-order valence-electron chi connectivity index (χ1n) is 5.78. The van der Waals surface area contributed by atoms with Crippen molar-refractivity contribution in [1.82, 2.24) is 10.1 Å². The summed E-state index contributed by atoms with van der Waals surface area (Å²) in [7, 11) is 0. The zero-order valence-corrected chi connectivity index (χ0v) is 10.6. The summed E-state index contributed by atoms with van der Waals surface area (Å²) in [5.41, 5.74) is 0. The minimum Gasteiger partial charge on any atom is -0.385 e. The SMILES string of the molecule is CCC(O)c1noc(-c2cc3ccccc3s2)n1. The van der Waals surface area contributed by atoms with E-state index in [1.807, 2.05) is 31.2 Å². The van der Waals surface area contributed by atoms with E-state index < -0.39 is 6.10 Å². The highest BCUT2D eigenvalue weighted by molar-refractivity contribution is 7.22. The molecule has 0 bridgehead atoms. The summed E-state index contributed by atoms with van der Waals surface area (Å²) in [6, 6.07) is 10.1. The number of hydrogen-bond donors (Lipinski definition) is 1. The van der Waals surface area contributed by atoms with Gasteiger partial charge in [0.2, 0.25) is 5.82 Å². The Hall–Kier alpha value is -1.72. The lowest BCUT2D eigenvalue weighted by atomic mass is 10.2. The lowest BCUT2D eigenvalue weighted by molar-refractivity contribution is 0.159. The summed E-state index contributed by atoms with van der Waals surface area (Å²) < 4.78 is 6.38. The van der Waals surface area contributed by atoms with Gasteiger partial charge in [0.25, 0.3) is 5.89 Å². The van der Waals surface area contributed by atoms with Gasteiger partial charge in [0, 0.05) is 4.70 Å². The molecule has 0 saturated heterocycles. The number of aromatic nitrogens is 2. The lowest BCUT2D eigenvalue weighted by Crippen LogP contribution is -1.97. The highest BCUT2D eigenvalue weighted by Gasteiger charge is 2.16. The molecule has 0 saturated carbocycles. The van der Waals surface area contributed by atoms with Crippen molar-refractivity contribution in [2.75, 3.05) is 0 Å². The largest absolute Gasteiger partial charge is 0.385 e. The maximum absolute atomic E-state index is 9.65. The molecule has 2 heterocycles. The Labute approximate surface area is 108 Å². The van der Waals surface area contributed by atoms with Crippen LogP contribution in [0.15, 0.2) is 34.9 Å². The zero-order chi connectivity index (χ0) is 12.5. The van der Waals surface area contributed by atoms with Crippen LogP contribution < -0.4 is 0 Å². The summed E-state index contributed by atoms with van der Waals surface area (Å²) in [5, 5.41) is 14.6. The monoisotopic (exact) mass is 260 g/mol. The topological polar surface area (TPSA) is 59.2 Å². The van der Waals surface area contributed by atoms with Gasteiger partial charge in [0.1, 0.15) is 6.10 Å². The molecule has 18 heavy (non-hydrogen) atoms. The Morgan fingerprint density at radius 3 is 3.00 bits per heavy atom. The fourth-order valence-electron chi connectivity index (χ4n) is 1.74. The molecule has 2 aromatic heterocycles. The van der Waals surface area contributed by atoms with Gasteiger partial charge >= 0.3 is 0 Å². The summed E-state index contributed by atoms with van der Waals surface area (Å²) in [5.74, 6) is 0.823. The Morgan fingerprint density at radius 1 is 1.39 bits per heavy atom. The molecule has 1 unspecified atom stereocenters. The summed E-state index contributed by atoms with van der Waals surface area (Å²) in [4.78, 5) is 5.16. The number of aliphatic hydroxyl groups is 1. The number of nitrogens with zero attached hydrogens (tertiary/aromatic N) is 2. The predicted molar refractivity (Wildman–Crippen MR) is 70.4 cm³/mol. The van der Waals surface area contributed by atoms with E-state index in [2.05, 4.69) is 16.2 Å². The van der Waals surface area contributed by atoms with Crippen LogP contribution in [0.5, 0.6) is 0 Å². The van der Waals surface area contributed by atoms with Crippen LogP contribution in [-0.2, 0) is 0 Å². The molecule has 1 aromatic carbocycles. The van der Waals surface area contributed by atoms with E-state index in [9.17, 15) is 5.11 Å². The summed E-state index contributed by atoms with van der Waals surface area (Å²) in [6.45, 7) is 1.88. The van der Waals surface area contributed by atoms with E-state index >= 15 is 0 Å². The molecule has 5 heteroatoms. The fourth-order valence-corrected chi connectivity index (χ4v) is 2.72. The Morgan fingerprint density at radius 2 is 2.22 bits per heavy atom. The first kappa shape index (κ1) is 11.4. The molecule has 0 aliphatic heterocycles. The molecule has 3 aromatic rings. The van der Waals surface area contributed by atoms with E-state index in [4.69, 9.17) is 4.52 Å². The van der Waals surface area contributed by atoms with Crippen molar-refractivity contribution in [2.24, 2.45) is 0 Å². The molecule has 4 nitrogen and oxygen atoms in total. The third-order valence-electron chi connectivity index (χ3n) is 2.76. The van der Waals surface area contributed by atoms with E-state index in [-0.39, 0.29) is 0 Å². The predicted octanol–water partition coefficient (Wildman–Crippen LogP) is 3.39. The molecule has 1 N–H and O–H groups in total. The van der Waals surface area contributed by atoms with Gasteiger partial charge in [-0.3, -0.25) is 0 Å². The van der Waals surface area contributed by atoms with Crippen LogP contribution in [0.25, 0.3) is 20.9 Å². The molecule has 0 aliphatic rings. The molecule has 0 spiro atoms. The molecule has 0 radical (unpaired) electrons. The van der Waals surface area contributed by atoms with Gasteiger partial charge in [-0.2, -0.15) is 4.98 Å². The number of fused-ring (bicyclic) bond motifs is 1. The number of benzene rings is 1. The van der Waals surface area contributed by atoms with Crippen LogP contribution in [0.1, 0.15) is 25.3 Å². The Bertz CT molecular complexity index is 641. The number of hydrogen-bond acceptors (Lipinski definition) is 5. The molecule has 0 aliphatic carbocycles. The maximum atomic E-state index is 9.65. The van der Waals surface area contributed by atoms with Crippen molar-refractivity contribution in [2.45, 2.75) is 19.4 Å². The molecule has 3 rings (SSSR count). The van der Waals surface area contributed by atoms with Crippen LogP contribution in [0, 0.1) is 0 Å². The van der Waals surface area contributed by atoms with E-state index in [1.165, 1.54) is 4.70 Å². The van der Waals surface area contributed by atoms with Crippen molar-refractivity contribution in [3.63, 3.8) is 0 Å². The second-order valence-electron chi connectivity index (χ2n) is 4.03. The normalized spacial score (nSPS) is 13.0. The first-order valence-corrected chi connectivity index (χ1v) is 6.60. The Balaban J connectivity index is 2.01. The number of aliphatic hydroxyl groups excluding tert-OH is 1. The van der Waals surface area contributed by atoms with Crippen molar-refractivity contribution >= 4 is 21.4 Å². The standard InChI is InChI=1S/C13H12N2O2S/c1-2-9(16)12-14-13(17-15-12)11-7-8-5-3-4-6-10(8)18-11/h3-7,9,16H,2H2,1H3. The van der Waals surface area contributed by atoms with E-state index in [1.54, 1.807) is 11.3 Å². The van der Waals surface area contributed by atoms with Crippen molar-refractivity contribution < 1.29 is 9.63 Å². The summed E-state index contributed by atoms with van der Waals surface area (Å²) >= 11 is 1.61. The maximum Gasteiger partial charge on any atom is 0.268 e. The van der Waals surface area contributed by atoms with Crippen molar-refractivity contribution in [3.05, 3.63) is 36.2 Å². The minimum atomic E-state index is -0.656. The number of thiophene rings is 1. The zero-order valence-electron chi connectivity index (χ0n) is 9.83. The lowest BCUT2D eigenvalue weighted by Gasteiger charge is -1.97. The van der Waals surface area contributed by atoms with E-state index in [0.29, 0.717) is 18.1 Å². The highest BCUT2D eigenvalue weighted by atomic mass is 32.1. The minimum absolute atomic E-state index is 0.352. The van der Waals surface area contributed by atoms with Crippen LogP contribution in [0.4, 0.5) is 0 Å². The highest BCUT2D eigenvalue weighted by Crippen LogP contribution is 2.32. The third kappa shape index (κ3) is 1.91.